The van der Waals surface area contributed by atoms with Gasteiger partial charge in [0.15, 0.2) is 9.84 Å². The standard InChI is InChI=1S/C24H29NO8S/c1-30-18-14-22(32-3)19(23(15-18)33-4)10-12-34(28,29)16-17-8-9-21(31-2)20(13-17)25-24(27)7-5-6-11-26/h8-15H,5-7,16H2,1-4H3,(H,25,27)/b12-10+. The molecule has 2 aromatic rings. The maximum Gasteiger partial charge on any atom is 0.224 e. The van der Waals surface area contributed by atoms with Gasteiger partial charge in [-0.15, -0.1) is 0 Å². The number of hydrogen-bond acceptors (Lipinski definition) is 8. The van der Waals surface area contributed by atoms with Crippen LogP contribution in [-0.2, 0) is 25.2 Å². The van der Waals surface area contributed by atoms with Crippen molar-refractivity contribution in [2.45, 2.75) is 25.0 Å². The number of nitrogens with one attached hydrogen (secondary N) is 1. The zero-order valence-electron chi connectivity index (χ0n) is 19.6. The number of benzene rings is 2. The Balaban J connectivity index is 2.26. The van der Waals surface area contributed by atoms with E-state index in [0.29, 0.717) is 52.7 Å². The number of carbonyl (C=O) groups excluding carboxylic acids is 2. The van der Waals surface area contributed by atoms with Gasteiger partial charge in [-0.2, -0.15) is 0 Å². The van der Waals surface area contributed by atoms with Crippen LogP contribution in [0.4, 0.5) is 5.69 Å². The number of unbranched alkanes of at least 4 members (excludes halogenated alkanes) is 1. The normalized spacial score (nSPS) is 11.2. The lowest BCUT2D eigenvalue weighted by molar-refractivity contribution is -0.116. The van der Waals surface area contributed by atoms with Crippen molar-refractivity contribution >= 4 is 33.8 Å². The summed E-state index contributed by atoms with van der Waals surface area (Å²) >= 11 is 0. The molecule has 0 radical (unpaired) electrons. The fourth-order valence-electron chi connectivity index (χ4n) is 3.15. The predicted molar refractivity (Wildman–Crippen MR) is 129 cm³/mol. The van der Waals surface area contributed by atoms with Crippen molar-refractivity contribution < 1.29 is 37.0 Å². The Labute approximate surface area is 199 Å². The van der Waals surface area contributed by atoms with Gasteiger partial charge in [0.1, 0.15) is 29.3 Å². The third kappa shape index (κ3) is 7.51. The van der Waals surface area contributed by atoms with E-state index in [0.717, 1.165) is 11.7 Å². The third-order valence-electron chi connectivity index (χ3n) is 4.83. The number of carbonyl (C=O) groups is 2. The lowest BCUT2D eigenvalue weighted by atomic mass is 10.1. The van der Waals surface area contributed by atoms with Gasteiger partial charge in [-0.05, 0) is 30.2 Å². The average molecular weight is 492 g/mol. The topological polar surface area (TPSA) is 117 Å². The molecule has 1 N–H and O–H groups in total. The van der Waals surface area contributed by atoms with Gasteiger partial charge in [0.2, 0.25) is 5.91 Å². The molecular formula is C24H29NO8S. The Morgan fingerprint density at radius 2 is 1.59 bits per heavy atom. The smallest absolute Gasteiger partial charge is 0.224 e. The molecule has 9 nitrogen and oxygen atoms in total. The van der Waals surface area contributed by atoms with Crippen LogP contribution in [0.15, 0.2) is 35.7 Å². The van der Waals surface area contributed by atoms with Gasteiger partial charge in [-0.3, -0.25) is 4.79 Å². The second-order valence-corrected chi connectivity index (χ2v) is 9.08. The Bertz CT molecular complexity index is 1120. The molecule has 0 saturated heterocycles. The van der Waals surface area contributed by atoms with Gasteiger partial charge in [-0.1, -0.05) is 6.07 Å². The van der Waals surface area contributed by atoms with Gasteiger partial charge in [0, 0.05) is 30.4 Å². The fourth-order valence-corrected chi connectivity index (χ4v) is 4.23. The summed E-state index contributed by atoms with van der Waals surface area (Å²) in [6, 6.07) is 8.01. The van der Waals surface area contributed by atoms with Gasteiger partial charge >= 0.3 is 0 Å². The van der Waals surface area contributed by atoms with Crippen molar-refractivity contribution in [2.75, 3.05) is 33.8 Å². The third-order valence-corrected chi connectivity index (χ3v) is 6.11. The van der Waals surface area contributed by atoms with E-state index in [9.17, 15) is 18.0 Å². The highest BCUT2D eigenvalue weighted by Gasteiger charge is 2.15. The van der Waals surface area contributed by atoms with E-state index in [2.05, 4.69) is 5.32 Å². The van der Waals surface area contributed by atoms with E-state index >= 15 is 0 Å². The van der Waals surface area contributed by atoms with Crippen LogP contribution in [0, 0.1) is 0 Å². The van der Waals surface area contributed by atoms with Gasteiger partial charge in [0.25, 0.3) is 0 Å². The SMILES string of the molecule is COc1cc(OC)c(/C=C/S(=O)(=O)Cc2ccc(OC)c(NC(=O)CCCC=O)c2)c(OC)c1. The first kappa shape index (κ1) is 26.7. The van der Waals surface area contributed by atoms with Gasteiger partial charge < -0.3 is 29.1 Å². The second kappa shape index (κ2) is 12.6. The summed E-state index contributed by atoms with van der Waals surface area (Å²) in [5, 5.41) is 3.79. The lowest BCUT2D eigenvalue weighted by Gasteiger charge is -2.13. The number of hydrogen-bond donors (Lipinski definition) is 1. The first-order valence-corrected chi connectivity index (χ1v) is 12.1. The molecule has 184 valence electrons. The molecule has 34 heavy (non-hydrogen) atoms. The molecule has 0 aliphatic heterocycles. The minimum absolute atomic E-state index is 0.165. The Hall–Kier alpha value is -3.53. The van der Waals surface area contributed by atoms with Gasteiger partial charge in [-0.25, -0.2) is 8.42 Å². The van der Waals surface area contributed by atoms with E-state index in [1.54, 1.807) is 30.3 Å². The maximum atomic E-state index is 12.8. The Morgan fingerprint density at radius 3 is 2.15 bits per heavy atom. The first-order chi connectivity index (χ1) is 16.3. The minimum atomic E-state index is -3.70. The first-order valence-electron chi connectivity index (χ1n) is 10.4. The lowest BCUT2D eigenvalue weighted by Crippen LogP contribution is -2.12. The van der Waals surface area contributed by atoms with Crippen molar-refractivity contribution in [3.8, 4) is 23.0 Å². The Morgan fingerprint density at radius 1 is 0.941 bits per heavy atom. The maximum absolute atomic E-state index is 12.8. The summed E-state index contributed by atoms with van der Waals surface area (Å²) in [6.45, 7) is 0. The molecular weight excluding hydrogens is 462 g/mol. The van der Waals surface area contributed by atoms with Crippen LogP contribution >= 0.6 is 0 Å². The van der Waals surface area contributed by atoms with E-state index < -0.39 is 9.84 Å². The van der Waals surface area contributed by atoms with Crippen molar-refractivity contribution in [3.63, 3.8) is 0 Å². The number of methoxy groups -OCH3 is 4. The number of amides is 1. The van der Waals surface area contributed by atoms with Crippen LogP contribution in [-0.4, -0.2) is 49.1 Å². The van der Waals surface area contributed by atoms with Crippen LogP contribution < -0.4 is 24.3 Å². The molecule has 2 aromatic carbocycles. The largest absolute Gasteiger partial charge is 0.496 e. The summed E-state index contributed by atoms with van der Waals surface area (Å²) in [6.07, 6.45) is 3.04. The highest BCUT2D eigenvalue weighted by molar-refractivity contribution is 7.93. The number of aldehydes is 1. The van der Waals surface area contributed by atoms with Gasteiger partial charge in [0.05, 0.1) is 45.4 Å². The summed E-state index contributed by atoms with van der Waals surface area (Å²) in [4.78, 5) is 22.6. The summed E-state index contributed by atoms with van der Waals surface area (Å²) in [5.41, 5.74) is 1.27. The number of ether oxygens (including phenoxy) is 4. The van der Waals surface area contributed by atoms with Crippen LogP contribution in [0.25, 0.3) is 6.08 Å². The number of anilines is 1. The molecule has 0 fully saturated rings. The van der Waals surface area contributed by atoms with Crippen molar-refractivity contribution in [2.24, 2.45) is 0 Å². The summed E-state index contributed by atoms with van der Waals surface area (Å²) in [7, 11) is 2.19. The highest BCUT2D eigenvalue weighted by atomic mass is 32.2. The number of sulfone groups is 1. The Kier molecular flexibility index (Phi) is 9.93. The van der Waals surface area contributed by atoms with Crippen LogP contribution in [0.5, 0.6) is 23.0 Å². The zero-order valence-corrected chi connectivity index (χ0v) is 20.4. The zero-order chi connectivity index (χ0) is 25.1. The minimum Gasteiger partial charge on any atom is -0.496 e. The van der Waals surface area contributed by atoms with Crippen molar-refractivity contribution in [3.05, 3.63) is 46.9 Å². The molecule has 10 heteroatoms. The molecule has 0 spiro atoms. The van der Waals surface area contributed by atoms with Crippen molar-refractivity contribution in [1.29, 1.82) is 0 Å². The van der Waals surface area contributed by atoms with E-state index in [4.69, 9.17) is 18.9 Å². The molecule has 0 aliphatic rings. The summed E-state index contributed by atoms with van der Waals surface area (Å²) < 4.78 is 46.8. The molecule has 0 bridgehead atoms. The van der Waals surface area contributed by atoms with E-state index in [1.807, 2.05) is 0 Å². The molecule has 1 amide bonds. The number of rotatable bonds is 13. The fraction of sp³-hybridized carbons (Fsp3) is 0.333. The molecule has 0 unspecified atom stereocenters. The quantitative estimate of drug-likeness (QED) is 0.334. The molecule has 0 heterocycles. The highest BCUT2D eigenvalue weighted by Crippen LogP contribution is 2.35. The van der Waals surface area contributed by atoms with Crippen LogP contribution in [0.2, 0.25) is 0 Å². The predicted octanol–water partition coefficient (Wildman–Crippen LogP) is 3.61. The van der Waals surface area contributed by atoms with Crippen LogP contribution in [0.1, 0.15) is 30.4 Å². The van der Waals surface area contributed by atoms with Crippen LogP contribution in [0.3, 0.4) is 0 Å². The molecule has 0 aromatic heterocycles. The monoisotopic (exact) mass is 491 g/mol. The summed E-state index contributed by atoms with van der Waals surface area (Å²) in [5.74, 6) is 1.10. The average Bonchev–Trinajstić information content (AvgIpc) is 2.82. The van der Waals surface area contributed by atoms with E-state index in [1.165, 1.54) is 34.5 Å². The molecule has 0 saturated carbocycles. The molecule has 0 atom stereocenters. The van der Waals surface area contributed by atoms with Crippen molar-refractivity contribution in [1.82, 2.24) is 0 Å². The molecule has 0 aliphatic carbocycles. The second-order valence-electron chi connectivity index (χ2n) is 7.20. The molecule has 2 rings (SSSR count). The van der Waals surface area contributed by atoms with E-state index in [-0.39, 0.29) is 18.1 Å².